The minimum Gasteiger partial charge on any atom is -0.456 e. The minimum absolute atomic E-state index is 0.0591. The number of carbonyl (C=O) groups is 1. The van der Waals surface area contributed by atoms with Crippen molar-refractivity contribution in [1.82, 2.24) is 0 Å². The van der Waals surface area contributed by atoms with Gasteiger partial charge in [0.1, 0.15) is 12.2 Å². The van der Waals surface area contributed by atoms with E-state index in [2.05, 4.69) is 43.9 Å². The summed E-state index contributed by atoms with van der Waals surface area (Å²) in [6, 6.07) is -0.999. The van der Waals surface area contributed by atoms with Crippen LogP contribution in [0.2, 0.25) is 18.1 Å². The van der Waals surface area contributed by atoms with Gasteiger partial charge in [-0.1, -0.05) is 25.9 Å². The number of ether oxygens (including phenoxy) is 3. The molecule has 0 radical (unpaired) electrons. The Morgan fingerprint density at radius 1 is 1.38 bits per heavy atom. The van der Waals surface area contributed by atoms with Gasteiger partial charge in [0, 0.05) is 4.91 Å². The highest BCUT2D eigenvalue weighted by atomic mass is 28.4. The number of azide groups is 1. The summed E-state index contributed by atoms with van der Waals surface area (Å²) in [7, 11) is -2.21. The molecule has 0 amide bonds. The maximum atomic E-state index is 12.2. The molecule has 0 aromatic carbocycles. The monoisotopic (exact) mass is 357 g/mol. The van der Waals surface area contributed by atoms with E-state index in [4.69, 9.17) is 24.2 Å². The number of hydrogen-bond donors (Lipinski definition) is 0. The van der Waals surface area contributed by atoms with Crippen LogP contribution in [0.1, 0.15) is 34.6 Å². The SMILES string of the molecule is CC1(C)OC[C@H]([C@H]2OC(=O)[C@@H](N=[N+]=[N-])[C@H]2O[Si](C)(C)C(C)(C)C)O1. The Hall–Kier alpha value is -1.12. The van der Waals surface area contributed by atoms with Gasteiger partial charge in [-0.3, -0.25) is 4.79 Å². The van der Waals surface area contributed by atoms with E-state index in [0.29, 0.717) is 6.61 Å². The van der Waals surface area contributed by atoms with E-state index < -0.39 is 44.4 Å². The lowest BCUT2D eigenvalue weighted by atomic mass is 10.1. The molecule has 9 heteroatoms. The molecule has 0 unspecified atom stereocenters. The van der Waals surface area contributed by atoms with Crippen molar-refractivity contribution in [2.45, 2.75) is 82.9 Å². The average molecular weight is 357 g/mol. The van der Waals surface area contributed by atoms with Crippen LogP contribution < -0.4 is 0 Å². The average Bonchev–Trinajstić information content (AvgIpc) is 2.91. The van der Waals surface area contributed by atoms with Crippen molar-refractivity contribution >= 4 is 14.3 Å². The molecule has 0 N–H and O–H groups in total. The van der Waals surface area contributed by atoms with Gasteiger partial charge in [-0.25, -0.2) is 0 Å². The molecule has 2 saturated heterocycles. The summed E-state index contributed by atoms with van der Waals surface area (Å²) in [6.45, 7) is 14.4. The normalized spacial score (nSPS) is 33.2. The molecular weight excluding hydrogens is 330 g/mol. The first kappa shape index (κ1) is 19.2. The number of carbonyl (C=O) groups excluding carboxylic acids is 1. The van der Waals surface area contributed by atoms with Crippen LogP contribution in [0.3, 0.4) is 0 Å². The molecule has 2 rings (SSSR count). The van der Waals surface area contributed by atoms with Gasteiger partial charge < -0.3 is 18.6 Å². The summed E-state index contributed by atoms with van der Waals surface area (Å²) < 4.78 is 23.3. The third kappa shape index (κ3) is 3.75. The Morgan fingerprint density at radius 3 is 2.46 bits per heavy atom. The number of cyclic esters (lactones) is 1. The second kappa shape index (κ2) is 6.31. The quantitative estimate of drug-likeness (QED) is 0.253. The predicted molar refractivity (Wildman–Crippen MR) is 89.8 cm³/mol. The van der Waals surface area contributed by atoms with Gasteiger partial charge in [0.2, 0.25) is 0 Å². The molecular formula is C15H27N3O5Si. The fourth-order valence-electron chi connectivity index (χ4n) is 2.57. The lowest BCUT2D eigenvalue weighted by molar-refractivity contribution is -0.165. The number of rotatable bonds is 4. The Bertz CT molecular complexity index is 554. The summed E-state index contributed by atoms with van der Waals surface area (Å²) >= 11 is 0. The Labute approximate surface area is 143 Å². The molecule has 0 spiro atoms. The smallest absolute Gasteiger partial charge is 0.318 e. The van der Waals surface area contributed by atoms with Gasteiger partial charge in [-0.2, -0.15) is 0 Å². The first-order valence-electron chi connectivity index (χ1n) is 8.12. The molecule has 24 heavy (non-hydrogen) atoms. The topological polar surface area (TPSA) is 103 Å². The summed E-state index contributed by atoms with van der Waals surface area (Å²) in [5, 5.41) is 3.56. The van der Waals surface area contributed by atoms with Crippen molar-refractivity contribution < 1.29 is 23.4 Å². The summed E-state index contributed by atoms with van der Waals surface area (Å²) in [6.07, 6.45) is -1.77. The largest absolute Gasteiger partial charge is 0.456 e. The van der Waals surface area contributed by atoms with Crippen molar-refractivity contribution in [2.75, 3.05) is 6.61 Å². The standard InChI is InChI=1S/C15H27N3O5Si/c1-14(2,3)24(6,7)23-12-10(17-18-16)13(19)21-11(12)9-8-20-15(4,5)22-9/h9-12H,8H2,1-7H3/t9-,10+,11-,12-/m1/s1. The number of nitrogens with zero attached hydrogens (tertiary/aromatic N) is 3. The van der Waals surface area contributed by atoms with Gasteiger partial charge in [-0.15, -0.1) is 0 Å². The Balaban J connectivity index is 2.29. The van der Waals surface area contributed by atoms with Gasteiger partial charge >= 0.3 is 5.97 Å². The van der Waals surface area contributed by atoms with Crippen LogP contribution in [0, 0.1) is 0 Å². The lowest BCUT2D eigenvalue weighted by Crippen LogP contribution is -2.51. The molecule has 4 atom stereocenters. The maximum absolute atomic E-state index is 12.2. The second-order valence-electron chi connectivity index (χ2n) is 8.26. The van der Waals surface area contributed by atoms with Crippen molar-refractivity contribution in [3.8, 4) is 0 Å². The van der Waals surface area contributed by atoms with Crippen LogP contribution in [0.4, 0.5) is 0 Å². The van der Waals surface area contributed by atoms with E-state index >= 15 is 0 Å². The summed E-state index contributed by atoms with van der Waals surface area (Å²) in [5.41, 5.74) is 8.81. The summed E-state index contributed by atoms with van der Waals surface area (Å²) in [5.74, 6) is -1.32. The highest BCUT2D eigenvalue weighted by Gasteiger charge is 2.55. The van der Waals surface area contributed by atoms with Gasteiger partial charge in [0.05, 0.1) is 6.61 Å². The first-order valence-corrected chi connectivity index (χ1v) is 11.0. The second-order valence-corrected chi connectivity index (χ2v) is 13.0. The lowest BCUT2D eigenvalue weighted by Gasteiger charge is -2.40. The zero-order valence-electron chi connectivity index (χ0n) is 15.4. The third-order valence-electron chi connectivity index (χ3n) is 4.94. The molecule has 0 bridgehead atoms. The van der Waals surface area contributed by atoms with E-state index in [1.54, 1.807) is 13.8 Å². The molecule has 2 aliphatic heterocycles. The zero-order chi connectivity index (χ0) is 18.3. The fraction of sp³-hybridized carbons (Fsp3) is 0.933. The minimum atomic E-state index is -2.21. The predicted octanol–water partition coefficient (Wildman–Crippen LogP) is 3.13. The van der Waals surface area contributed by atoms with Gasteiger partial charge in [0.15, 0.2) is 26.3 Å². The first-order chi connectivity index (χ1) is 10.9. The third-order valence-corrected chi connectivity index (χ3v) is 9.41. The maximum Gasteiger partial charge on any atom is 0.318 e. The van der Waals surface area contributed by atoms with Crippen molar-refractivity contribution in [1.29, 1.82) is 0 Å². The molecule has 8 nitrogen and oxygen atoms in total. The Kier molecular flexibility index (Phi) is 5.05. The van der Waals surface area contributed by atoms with E-state index in [1.165, 1.54) is 0 Å². The van der Waals surface area contributed by atoms with E-state index in [0.717, 1.165) is 0 Å². The number of esters is 1. The molecule has 136 valence electrons. The van der Waals surface area contributed by atoms with E-state index in [-0.39, 0.29) is 5.04 Å². The number of hydrogen-bond acceptors (Lipinski definition) is 6. The van der Waals surface area contributed by atoms with Crippen molar-refractivity contribution in [3.05, 3.63) is 10.4 Å². The molecule has 0 saturated carbocycles. The van der Waals surface area contributed by atoms with Crippen LogP contribution >= 0.6 is 0 Å². The molecule has 2 heterocycles. The van der Waals surface area contributed by atoms with Crippen molar-refractivity contribution in [2.24, 2.45) is 5.11 Å². The molecule has 0 aromatic rings. The van der Waals surface area contributed by atoms with Crippen molar-refractivity contribution in [3.63, 3.8) is 0 Å². The highest BCUT2D eigenvalue weighted by Crippen LogP contribution is 2.41. The van der Waals surface area contributed by atoms with Crippen LogP contribution in [0.25, 0.3) is 10.4 Å². The van der Waals surface area contributed by atoms with E-state index in [9.17, 15) is 4.79 Å². The highest BCUT2D eigenvalue weighted by molar-refractivity contribution is 6.74. The summed E-state index contributed by atoms with van der Waals surface area (Å²) in [4.78, 5) is 15.0. The van der Waals surface area contributed by atoms with Crippen LogP contribution in [0.15, 0.2) is 5.11 Å². The molecule has 0 aromatic heterocycles. The zero-order valence-corrected chi connectivity index (χ0v) is 16.4. The molecule has 2 aliphatic rings. The van der Waals surface area contributed by atoms with Gasteiger partial charge in [-0.05, 0) is 37.5 Å². The molecule has 2 fully saturated rings. The fourth-order valence-corrected chi connectivity index (χ4v) is 3.86. The van der Waals surface area contributed by atoms with E-state index in [1.807, 2.05) is 0 Å². The Morgan fingerprint density at radius 2 is 2.00 bits per heavy atom. The van der Waals surface area contributed by atoms with Crippen LogP contribution in [-0.4, -0.2) is 51.0 Å². The van der Waals surface area contributed by atoms with Crippen LogP contribution in [0.5, 0.6) is 0 Å². The van der Waals surface area contributed by atoms with Crippen LogP contribution in [-0.2, 0) is 23.4 Å². The molecule has 0 aliphatic carbocycles. The van der Waals surface area contributed by atoms with Gasteiger partial charge in [0.25, 0.3) is 0 Å².